The smallest absolute Gasteiger partial charge is 0.304 e. The first-order valence-corrected chi connectivity index (χ1v) is 4.67. The van der Waals surface area contributed by atoms with Crippen molar-refractivity contribution in [3.05, 3.63) is 39.3 Å². The summed E-state index contributed by atoms with van der Waals surface area (Å²) in [7, 11) is 0. The van der Waals surface area contributed by atoms with Gasteiger partial charge in [0.25, 0.3) is 0 Å². The molecule has 3 nitrogen and oxygen atoms in total. The van der Waals surface area contributed by atoms with E-state index in [1.54, 1.807) is 5.38 Å². The normalized spacial score (nSPS) is 10.2. The zero-order valence-electron chi connectivity index (χ0n) is 6.78. The van der Waals surface area contributed by atoms with Crippen molar-refractivity contribution in [1.82, 2.24) is 4.98 Å². The predicted octanol–water partition coefficient (Wildman–Crippen LogP) is 1.69. The van der Waals surface area contributed by atoms with Crippen LogP contribution in [0.25, 0.3) is 11.3 Å². The Balaban J connectivity index is 2.52. The van der Waals surface area contributed by atoms with Crippen molar-refractivity contribution < 1.29 is 0 Å². The van der Waals surface area contributed by atoms with E-state index in [-0.39, 0.29) is 4.87 Å². The van der Waals surface area contributed by atoms with E-state index in [0.717, 1.165) is 22.6 Å². The van der Waals surface area contributed by atoms with Gasteiger partial charge in [0.2, 0.25) is 0 Å². The molecule has 13 heavy (non-hydrogen) atoms. The number of hydrogen-bond acceptors (Lipinski definition) is 3. The lowest BCUT2D eigenvalue weighted by Crippen LogP contribution is -1.92. The number of H-pyrrole nitrogens is 1. The Kier molecular flexibility index (Phi) is 1.90. The second-order valence-corrected chi connectivity index (χ2v) is 3.53. The van der Waals surface area contributed by atoms with Crippen LogP contribution in [0.3, 0.4) is 0 Å². The van der Waals surface area contributed by atoms with Gasteiger partial charge in [0.05, 0.1) is 5.69 Å². The van der Waals surface area contributed by atoms with E-state index in [1.165, 1.54) is 0 Å². The summed E-state index contributed by atoms with van der Waals surface area (Å²) in [5.41, 5.74) is 8.08. The van der Waals surface area contributed by atoms with E-state index in [2.05, 4.69) is 4.98 Å². The van der Waals surface area contributed by atoms with Gasteiger partial charge in [-0.2, -0.15) is 0 Å². The number of aromatic amines is 1. The zero-order valence-corrected chi connectivity index (χ0v) is 7.60. The second-order valence-electron chi connectivity index (χ2n) is 2.69. The number of hydrogen-bond donors (Lipinski definition) is 2. The van der Waals surface area contributed by atoms with Gasteiger partial charge in [-0.05, 0) is 12.1 Å². The molecule has 1 aromatic carbocycles. The Bertz CT molecular complexity index is 472. The maximum absolute atomic E-state index is 10.9. The Morgan fingerprint density at radius 2 is 2.23 bits per heavy atom. The van der Waals surface area contributed by atoms with E-state index >= 15 is 0 Å². The van der Waals surface area contributed by atoms with Crippen LogP contribution >= 0.6 is 11.3 Å². The first-order chi connectivity index (χ1) is 6.25. The number of anilines is 1. The average Bonchev–Trinajstić information content (AvgIpc) is 2.52. The lowest BCUT2D eigenvalue weighted by atomic mass is 10.1. The highest BCUT2D eigenvalue weighted by Gasteiger charge is 1.99. The number of aromatic nitrogens is 1. The third-order valence-corrected chi connectivity index (χ3v) is 2.39. The molecule has 2 aromatic rings. The molecule has 0 amide bonds. The highest BCUT2D eigenvalue weighted by Crippen LogP contribution is 2.18. The predicted molar refractivity (Wildman–Crippen MR) is 54.8 cm³/mol. The fraction of sp³-hybridized carbons (Fsp3) is 0. The molecule has 1 aromatic heterocycles. The van der Waals surface area contributed by atoms with Gasteiger partial charge in [-0.25, -0.2) is 0 Å². The van der Waals surface area contributed by atoms with Crippen molar-refractivity contribution in [2.24, 2.45) is 0 Å². The van der Waals surface area contributed by atoms with Gasteiger partial charge >= 0.3 is 4.87 Å². The van der Waals surface area contributed by atoms with Gasteiger partial charge in [0.15, 0.2) is 0 Å². The van der Waals surface area contributed by atoms with Crippen molar-refractivity contribution in [3.63, 3.8) is 0 Å². The molecule has 0 fully saturated rings. The number of benzene rings is 1. The highest BCUT2D eigenvalue weighted by molar-refractivity contribution is 7.07. The molecule has 0 unspecified atom stereocenters. The van der Waals surface area contributed by atoms with Crippen LogP contribution < -0.4 is 10.6 Å². The van der Waals surface area contributed by atoms with Crippen LogP contribution in [0.1, 0.15) is 0 Å². The molecule has 66 valence electrons. The molecule has 0 aliphatic heterocycles. The third kappa shape index (κ3) is 1.62. The van der Waals surface area contributed by atoms with Crippen molar-refractivity contribution in [3.8, 4) is 11.3 Å². The molecule has 0 saturated heterocycles. The zero-order chi connectivity index (χ0) is 9.26. The van der Waals surface area contributed by atoms with E-state index < -0.39 is 0 Å². The van der Waals surface area contributed by atoms with Crippen LogP contribution in [0, 0.1) is 0 Å². The highest BCUT2D eigenvalue weighted by atomic mass is 32.1. The number of rotatable bonds is 1. The Labute approximate surface area is 78.8 Å². The van der Waals surface area contributed by atoms with E-state index in [1.807, 2.05) is 24.3 Å². The van der Waals surface area contributed by atoms with Gasteiger partial charge < -0.3 is 10.7 Å². The summed E-state index contributed by atoms with van der Waals surface area (Å²) in [5.74, 6) is 0. The summed E-state index contributed by atoms with van der Waals surface area (Å²) in [5, 5.41) is 1.79. The fourth-order valence-corrected chi connectivity index (χ4v) is 1.72. The first kappa shape index (κ1) is 8.07. The summed E-state index contributed by atoms with van der Waals surface area (Å²) in [6, 6.07) is 7.42. The molecule has 0 bridgehead atoms. The maximum atomic E-state index is 10.9. The van der Waals surface area contributed by atoms with E-state index in [9.17, 15) is 4.79 Å². The molecule has 0 radical (unpaired) electrons. The molecular weight excluding hydrogens is 184 g/mol. The Morgan fingerprint density at radius 1 is 1.38 bits per heavy atom. The standard InChI is InChI=1S/C9H8N2OS/c10-7-3-1-2-6(4-7)8-5-13-9(12)11-8/h1-5H,10H2,(H,11,12). The quantitative estimate of drug-likeness (QED) is 0.675. The van der Waals surface area contributed by atoms with Crippen molar-refractivity contribution in [2.75, 3.05) is 5.73 Å². The van der Waals surface area contributed by atoms with E-state index in [0.29, 0.717) is 5.69 Å². The second kappa shape index (κ2) is 3.06. The molecule has 3 N–H and O–H groups in total. The van der Waals surface area contributed by atoms with Crippen molar-refractivity contribution >= 4 is 17.0 Å². The van der Waals surface area contributed by atoms with Gasteiger partial charge in [-0.3, -0.25) is 4.79 Å². The summed E-state index contributed by atoms with van der Waals surface area (Å²) in [6.45, 7) is 0. The van der Waals surface area contributed by atoms with Crippen LogP contribution in [0.15, 0.2) is 34.4 Å². The first-order valence-electron chi connectivity index (χ1n) is 3.79. The number of nitrogens with two attached hydrogens (primary N) is 1. The molecule has 2 rings (SSSR count). The SMILES string of the molecule is Nc1cccc(-c2csc(=O)[nH]2)c1. The summed E-state index contributed by atoms with van der Waals surface area (Å²) in [6.07, 6.45) is 0. The molecule has 1 heterocycles. The van der Waals surface area contributed by atoms with E-state index in [4.69, 9.17) is 5.73 Å². The van der Waals surface area contributed by atoms with Gasteiger partial charge in [-0.1, -0.05) is 23.5 Å². The fourth-order valence-electron chi connectivity index (χ4n) is 1.13. The molecule has 0 aliphatic rings. The van der Waals surface area contributed by atoms with Gasteiger partial charge in [-0.15, -0.1) is 0 Å². The number of nitrogen functional groups attached to an aromatic ring is 1. The molecule has 0 aliphatic carbocycles. The number of thiazole rings is 1. The molecule has 0 saturated carbocycles. The molecule has 4 heteroatoms. The number of nitrogens with one attached hydrogen (secondary N) is 1. The minimum atomic E-state index is -0.0441. The summed E-state index contributed by atoms with van der Waals surface area (Å²) < 4.78 is 0. The van der Waals surface area contributed by atoms with Crippen molar-refractivity contribution in [2.45, 2.75) is 0 Å². The summed E-state index contributed by atoms with van der Waals surface area (Å²) in [4.78, 5) is 13.6. The topological polar surface area (TPSA) is 58.9 Å². The molecule has 0 atom stereocenters. The Morgan fingerprint density at radius 3 is 2.85 bits per heavy atom. The lowest BCUT2D eigenvalue weighted by molar-refractivity contribution is 1.34. The minimum Gasteiger partial charge on any atom is -0.399 e. The summed E-state index contributed by atoms with van der Waals surface area (Å²) >= 11 is 1.15. The largest absolute Gasteiger partial charge is 0.399 e. The van der Waals surface area contributed by atoms with Crippen LogP contribution in [-0.4, -0.2) is 4.98 Å². The maximum Gasteiger partial charge on any atom is 0.304 e. The van der Waals surface area contributed by atoms with Crippen LogP contribution in [0.4, 0.5) is 5.69 Å². The Hall–Kier alpha value is -1.55. The lowest BCUT2D eigenvalue weighted by Gasteiger charge is -1.97. The van der Waals surface area contributed by atoms with Gasteiger partial charge in [0.1, 0.15) is 0 Å². The minimum absolute atomic E-state index is 0.0441. The molecule has 0 spiro atoms. The van der Waals surface area contributed by atoms with Crippen LogP contribution in [-0.2, 0) is 0 Å². The third-order valence-electron chi connectivity index (χ3n) is 1.72. The van der Waals surface area contributed by atoms with Crippen molar-refractivity contribution in [1.29, 1.82) is 0 Å². The van der Waals surface area contributed by atoms with Crippen LogP contribution in [0.5, 0.6) is 0 Å². The average molecular weight is 192 g/mol. The van der Waals surface area contributed by atoms with Gasteiger partial charge in [0, 0.05) is 16.6 Å². The van der Waals surface area contributed by atoms with Crippen LogP contribution in [0.2, 0.25) is 0 Å². The monoisotopic (exact) mass is 192 g/mol. The molecular formula is C9H8N2OS.